The predicted octanol–water partition coefficient (Wildman–Crippen LogP) is 1.17. The van der Waals surface area contributed by atoms with Gasteiger partial charge >= 0.3 is 0 Å². The molecule has 1 spiro atoms. The topological polar surface area (TPSA) is 109 Å². The summed E-state index contributed by atoms with van der Waals surface area (Å²) in [4.78, 5) is 10.8. The zero-order valence-corrected chi connectivity index (χ0v) is 17.1. The molecule has 2 aromatic rings. The molecular formula is C21H24N4O3S. The Hall–Kier alpha value is -2.47. The molecule has 1 aromatic heterocycles. The van der Waals surface area contributed by atoms with Crippen molar-refractivity contribution < 1.29 is 13.5 Å². The van der Waals surface area contributed by atoms with E-state index >= 15 is 0 Å². The molecule has 0 unspecified atom stereocenters. The summed E-state index contributed by atoms with van der Waals surface area (Å²) in [5.74, 6) is 3.11. The van der Waals surface area contributed by atoms with Gasteiger partial charge in [0.1, 0.15) is 11.4 Å². The normalized spacial score (nSPS) is 20.2. The van der Waals surface area contributed by atoms with Gasteiger partial charge < -0.3 is 15.7 Å². The van der Waals surface area contributed by atoms with Gasteiger partial charge in [-0.2, -0.15) is 0 Å². The maximum Gasteiger partial charge on any atom is 0.214 e. The fraction of sp³-hybridized carbons (Fsp3) is 0.429. The van der Waals surface area contributed by atoms with Gasteiger partial charge in [0, 0.05) is 24.4 Å². The van der Waals surface area contributed by atoms with Gasteiger partial charge in [-0.1, -0.05) is 24.3 Å². The van der Waals surface area contributed by atoms with Gasteiger partial charge in [-0.3, -0.25) is 0 Å². The lowest BCUT2D eigenvalue weighted by Gasteiger charge is -2.42. The number of nitrogens with two attached hydrogens (primary N) is 1. The zero-order chi connectivity index (χ0) is 20.6. The summed E-state index contributed by atoms with van der Waals surface area (Å²) in [6, 6.07) is 8.45. The number of sulfone groups is 1. The molecule has 0 saturated carbocycles. The van der Waals surface area contributed by atoms with Crippen LogP contribution in [0.5, 0.6) is 0 Å². The van der Waals surface area contributed by atoms with E-state index in [0.29, 0.717) is 11.5 Å². The van der Waals surface area contributed by atoms with Gasteiger partial charge in [0.15, 0.2) is 5.82 Å². The summed E-state index contributed by atoms with van der Waals surface area (Å²) in [5.41, 5.74) is 9.93. The molecule has 1 atom stereocenters. The smallest absolute Gasteiger partial charge is 0.214 e. The van der Waals surface area contributed by atoms with Gasteiger partial charge in [-0.25, -0.2) is 18.4 Å². The minimum atomic E-state index is -3.43. The zero-order valence-electron chi connectivity index (χ0n) is 16.3. The van der Waals surface area contributed by atoms with E-state index in [9.17, 15) is 13.5 Å². The summed E-state index contributed by atoms with van der Waals surface area (Å²) in [7, 11) is -3.43. The molecule has 1 fully saturated rings. The number of fused-ring (bicyclic) bond motifs is 1. The maximum atomic E-state index is 11.2. The number of piperidine rings is 1. The standard InChI is InChI=1S/C21H24N4O3S/c1-29(27,28)11-6-16-13-23-20(18(14-26)24-16)25-9-7-21(8-10-25)12-15-4-2-3-5-17(15)19(21)22/h2-5,13,19,26H,7-10,12,14,22H2,1H3/t19-/m1/s1. The van der Waals surface area contributed by atoms with Gasteiger partial charge in [-0.15, -0.1) is 0 Å². The SMILES string of the molecule is CS(=O)(=O)C#Cc1cnc(N2CCC3(CC2)Cc2ccccc2[C@H]3N)c(CO)n1. The number of rotatable bonds is 2. The number of hydrogen-bond donors (Lipinski definition) is 2. The number of hydrogen-bond acceptors (Lipinski definition) is 7. The molecule has 8 heteroatoms. The van der Waals surface area contributed by atoms with E-state index in [1.165, 1.54) is 17.3 Å². The molecule has 4 rings (SSSR count). The summed E-state index contributed by atoms with van der Waals surface area (Å²) in [6.45, 7) is 1.26. The quantitative estimate of drug-likeness (QED) is 0.713. The van der Waals surface area contributed by atoms with Crippen LogP contribution in [0.2, 0.25) is 0 Å². The fourth-order valence-electron chi connectivity index (χ4n) is 4.47. The highest BCUT2D eigenvalue weighted by Gasteiger charge is 2.46. The van der Waals surface area contributed by atoms with E-state index in [0.717, 1.165) is 38.6 Å². The lowest BCUT2D eigenvalue weighted by atomic mass is 9.73. The van der Waals surface area contributed by atoms with Crippen molar-refractivity contribution in [3.05, 3.63) is 53.0 Å². The molecule has 3 N–H and O–H groups in total. The number of nitrogens with zero attached hydrogens (tertiary/aromatic N) is 3. The van der Waals surface area contributed by atoms with Gasteiger partial charge in [-0.05, 0) is 41.7 Å². The monoisotopic (exact) mass is 412 g/mol. The molecule has 2 aliphatic rings. The second kappa shape index (κ2) is 7.41. The Bertz CT molecular complexity index is 1100. The average molecular weight is 413 g/mol. The Morgan fingerprint density at radius 1 is 1.31 bits per heavy atom. The first-order valence-corrected chi connectivity index (χ1v) is 11.5. The first kappa shape index (κ1) is 19.8. The lowest BCUT2D eigenvalue weighted by molar-refractivity contribution is 0.186. The van der Waals surface area contributed by atoms with Crippen LogP contribution >= 0.6 is 0 Å². The van der Waals surface area contributed by atoms with E-state index in [-0.39, 0.29) is 23.8 Å². The summed E-state index contributed by atoms with van der Waals surface area (Å²) >= 11 is 0. The van der Waals surface area contributed by atoms with Crippen LogP contribution < -0.4 is 10.6 Å². The Balaban J connectivity index is 1.52. The van der Waals surface area contributed by atoms with Crippen molar-refractivity contribution in [2.24, 2.45) is 11.1 Å². The number of benzene rings is 1. The molecule has 7 nitrogen and oxygen atoms in total. The Morgan fingerprint density at radius 2 is 2.03 bits per heavy atom. The van der Waals surface area contributed by atoms with Crippen LogP contribution in [-0.2, 0) is 22.9 Å². The fourth-order valence-corrected chi connectivity index (χ4v) is 4.76. The third-order valence-corrected chi connectivity index (χ3v) is 6.46. The van der Waals surface area contributed by atoms with Crippen LogP contribution in [-0.4, -0.2) is 42.8 Å². The highest BCUT2D eigenvalue weighted by atomic mass is 32.2. The Kier molecular flexibility index (Phi) is 5.07. The largest absolute Gasteiger partial charge is 0.390 e. The molecule has 0 amide bonds. The third-order valence-electron chi connectivity index (χ3n) is 5.99. The van der Waals surface area contributed by atoms with Crippen LogP contribution in [0, 0.1) is 16.6 Å². The highest BCUT2D eigenvalue weighted by Crippen LogP contribution is 2.50. The predicted molar refractivity (Wildman–Crippen MR) is 111 cm³/mol. The van der Waals surface area contributed by atoms with Crippen LogP contribution in [0.25, 0.3) is 0 Å². The third kappa shape index (κ3) is 3.86. The number of aliphatic hydroxyl groups excluding tert-OH is 1. The van der Waals surface area contributed by atoms with Crippen LogP contribution in [0.15, 0.2) is 30.5 Å². The van der Waals surface area contributed by atoms with E-state index in [2.05, 4.69) is 44.2 Å². The molecule has 1 aliphatic carbocycles. The summed E-state index contributed by atoms with van der Waals surface area (Å²) in [5, 5.41) is 11.9. The minimum absolute atomic E-state index is 0.0397. The van der Waals surface area contributed by atoms with Crippen molar-refractivity contribution in [1.82, 2.24) is 9.97 Å². The van der Waals surface area contributed by atoms with Crippen LogP contribution in [0.4, 0.5) is 5.82 Å². The van der Waals surface area contributed by atoms with E-state index in [4.69, 9.17) is 5.73 Å². The molecule has 152 valence electrons. The Morgan fingerprint density at radius 3 is 2.69 bits per heavy atom. The lowest BCUT2D eigenvalue weighted by Crippen LogP contribution is -2.45. The number of aliphatic hydroxyl groups is 1. The maximum absolute atomic E-state index is 11.2. The van der Waals surface area contributed by atoms with Crippen molar-refractivity contribution in [3.63, 3.8) is 0 Å². The minimum Gasteiger partial charge on any atom is -0.390 e. The van der Waals surface area contributed by atoms with Gasteiger partial charge in [0.2, 0.25) is 9.84 Å². The summed E-state index contributed by atoms with van der Waals surface area (Å²) < 4.78 is 22.4. The molecule has 1 aromatic carbocycles. The molecule has 29 heavy (non-hydrogen) atoms. The van der Waals surface area contributed by atoms with E-state index in [1.54, 1.807) is 0 Å². The van der Waals surface area contributed by atoms with Crippen LogP contribution in [0.3, 0.4) is 0 Å². The first-order valence-electron chi connectivity index (χ1n) is 9.59. The molecule has 0 bridgehead atoms. The van der Waals surface area contributed by atoms with E-state index < -0.39 is 9.84 Å². The first-order chi connectivity index (χ1) is 13.8. The van der Waals surface area contributed by atoms with E-state index in [1.807, 2.05) is 6.07 Å². The van der Waals surface area contributed by atoms with Gasteiger partial charge in [0.05, 0.1) is 19.1 Å². The molecular weight excluding hydrogens is 388 g/mol. The molecule has 1 aliphatic heterocycles. The molecule has 1 saturated heterocycles. The van der Waals surface area contributed by atoms with Crippen molar-refractivity contribution in [3.8, 4) is 11.2 Å². The average Bonchev–Trinajstić information content (AvgIpc) is 2.98. The Labute approximate surface area is 170 Å². The molecule has 0 radical (unpaired) electrons. The number of anilines is 1. The second-order valence-electron chi connectivity index (χ2n) is 7.89. The molecule has 2 heterocycles. The summed E-state index contributed by atoms with van der Waals surface area (Å²) in [6.07, 6.45) is 5.35. The van der Waals surface area contributed by atoms with Crippen LogP contribution in [0.1, 0.15) is 41.4 Å². The van der Waals surface area contributed by atoms with Crippen molar-refractivity contribution in [2.45, 2.75) is 31.9 Å². The van der Waals surface area contributed by atoms with Crippen molar-refractivity contribution in [1.29, 1.82) is 0 Å². The second-order valence-corrected chi connectivity index (χ2v) is 9.63. The van der Waals surface area contributed by atoms with Crippen molar-refractivity contribution in [2.75, 3.05) is 24.2 Å². The highest BCUT2D eigenvalue weighted by molar-refractivity contribution is 7.95. The number of aromatic nitrogens is 2. The van der Waals surface area contributed by atoms with Crippen molar-refractivity contribution >= 4 is 15.7 Å². The van der Waals surface area contributed by atoms with Gasteiger partial charge in [0.25, 0.3) is 0 Å².